The van der Waals surface area contributed by atoms with Crippen molar-refractivity contribution in [2.75, 3.05) is 32.7 Å². The number of likely N-dealkylation sites (tertiary alicyclic amines) is 1. The molecule has 9 heteroatoms. The molecule has 0 spiro atoms. The van der Waals surface area contributed by atoms with E-state index in [1.165, 1.54) is 0 Å². The zero-order valence-electron chi connectivity index (χ0n) is 19.8. The highest BCUT2D eigenvalue weighted by atomic mass is 16.5. The Kier molecular flexibility index (Phi) is 7.02. The van der Waals surface area contributed by atoms with Crippen LogP contribution in [0.25, 0.3) is 0 Å². The number of rotatable bonds is 7. The molecule has 3 aliphatic heterocycles. The molecule has 4 unspecified atom stereocenters. The van der Waals surface area contributed by atoms with Gasteiger partial charge in [-0.25, -0.2) is 4.79 Å². The molecule has 2 N–H and O–H groups in total. The van der Waals surface area contributed by atoms with Crippen molar-refractivity contribution < 1.29 is 19.1 Å². The van der Waals surface area contributed by atoms with Gasteiger partial charge in [0.15, 0.2) is 0 Å². The molecule has 0 aliphatic carbocycles. The quantitative estimate of drug-likeness (QED) is 0.602. The molecule has 3 aliphatic rings. The van der Waals surface area contributed by atoms with Crippen molar-refractivity contribution in [3.05, 3.63) is 35.9 Å². The van der Waals surface area contributed by atoms with Gasteiger partial charge in [-0.05, 0) is 45.2 Å². The number of hydrazine groups is 1. The Bertz CT molecular complexity index is 871. The van der Waals surface area contributed by atoms with Crippen LogP contribution in [0.4, 0.5) is 4.79 Å². The van der Waals surface area contributed by atoms with Gasteiger partial charge in [-0.15, -0.1) is 0 Å². The second kappa shape index (κ2) is 9.79. The smallest absolute Gasteiger partial charge is 0.344 e. The Labute approximate surface area is 195 Å². The molecule has 3 fully saturated rings. The molecular weight excluding hydrogens is 422 g/mol. The highest BCUT2D eigenvalue weighted by Crippen LogP contribution is 2.31. The predicted octanol–water partition coefficient (Wildman–Crippen LogP) is 1.45. The van der Waals surface area contributed by atoms with E-state index in [2.05, 4.69) is 34.4 Å². The van der Waals surface area contributed by atoms with Crippen molar-refractivity contribution in [3.8, 4) is 0 Å². The van der Waals surface area contributed by atoms with E-state index in [0.717, 1.165) is 44.0 Å². The van der Waals surface area contributed by atoms with Crippen molar-refractivity contribution in [3.63, 3.8) is 0 Å². The van der Waals surface area contributed by atoms with Crippen LogP contribution in [0.3, 0.4) is 0 Å². The molecule has 180 valence electrons. The molecule has 9 nitrogen and oxygen atoms in total. The van der Waals surface area contributed by atoms with Gasteiger partial charge in [0.2, 0.25) is 0 Å². The Morgan fingerprint density at radius 3 is 2.55 bits per heavy atom. The van der Waals surface area contributed by atoms with Crippen LogP contribution in [0, 0.1) is 0 Å². The zero-order valence-corrected chi connectivity index (χ0v) is 19.8. The molecule has 3 saturated heterocycles. The minimum absolute atomic E-state index is 0.154. The molecule has 0 radical (unpaired) electrons. The maximum atomic E-state index is 13.2. The molecule has 0 saturated carbocycles. The Morgan fingerprint density at radius 2 is 1.88 bits per heavy atom. The first-order chi connectivity index (χ1) is 15.8. The highest BCUT2D eigenvalue weighted by molar-refractivity contribution is 6.08. The third kappa shape index (κ3) is 4.90. The average molecular weight is 458 g/mol. The molecule has 4 rings (SSSR count). The van der Waals surface area contributed by atoms with Gasteiger partial charge in [0.1, 0.15) is 5.54 Å². The molecule has 1 aromatic carbocycles. The van der Waals surface area contributed by atoms with Crippen molar-refractivity contribution >= 4 is 17.8 Å². The van der Waals surface area contributed by atoms with Gasteiger partial charge in [0.25, 0.3) is 11.8 Å². The molecule has 3 heterocycles. The van der Waals surface area contributed by atoms with Crippen molar-refractivity contribution in [1.82, 2.24) is 25.6 Å². The first-order valence-corrected chi connectivity index (χ1v) is 12.0. The van der Waals surface area contributed by atoms with E-state index in [4.69, 9.17) is 4.74 Å². The highest BCUT2D eigenvalue weighted by Gasteiger charge is 2.52. The topological polar surface area (TPSA) is 94.2 Å². The molecule has 0 aromatic heterocycles. The molecule has 1 aromatic rings. The van der Waals surface area contributed by atoms with Crippen LogP contribution < -0.4 is 10.7 Å². The summed E-state index contributed by atoms with van der Waals surface area (Å²) in [5, 5.41) is 3.64. The summed E-state index contributed by atoms with van der Waals surface area (Å²) in [6.07, 6.45) is 2.86. The number of nitrogens with zero attached hydrogens (tertiary/aromatic N) is 3. The molecule has 4 atom stereocenters. The summed E-state index contributed by atoms with van der Waals surface area (Å²) in [5.41, 5.74) is 2.10. The number of ether oxygens (including phenoxy) is 1. The van der Waals surface area contributed by atoms with Gasteiger partial charge in [0.05, 0.1) is 18.8 Å². The minimum Gasteiger partial charge on any atom is -0.373 e. The fraction of sp³-hybridized carbons (Fsp3) is 0.625. The third-order valence-corrected chi connectivity index (χ3v) is 6.93. The summed E-state index contributed by atoms with van der Waals surface area (Å²) in [4.78, 5) is 43.3. The lowest BCUT2D eigenvalue weighted by atomic mass is 9.87. The van der Waals surface area contributed by atoms with E-state index in [0.29, 0.717) is 12.0 Å². The average Bonchev–Trinajstić information content (AvgIpc) is 3.30. The van der Waals surface area contributed by atoms with E-state index in [-0.39, 0.29) is 30.7 Å². The van der Waals surface area contributed by atoms with E-state index >= 15 is 0 Å². The summed E-state index contributed by atoms with van der Waals surface area (Å²) in [6, 6.07) is 8.82. The Hall–Kier alpha value is -2.49. The molecular formula is C24H35N5O4. The van der Waals surface area contributed by atoms with E-state index in [1.54, 1.807) is 0 Å². The maximum Gasteiger partial charge on any atom is 0.344 e. The second-order valence-electron chi connectivity index (χ2n) is 9.47. The SMILES string of the molecule is CCC1(c2ccccc2)NC(=O)N(NC(=O)CN2CCCC2CN2CC(C)OC(C)C2)C1=O. The Balaban J connectivity index is 1.37. The Morgan fingerprint density at radius 1 is 1.18 bits per heavy atom. The summed E-state index contributed by atoms with van der Waals surface area (Å²) in [5.74, 6) is -0.808. The monoisotopic (exact) mass is 457 g/mol. The number of hydrogen-bond donors (Lipinski definition) is 2. The van der Waals surface area contributed by atoms with Crippen LogP contribution in [-0.2, 0) is 19.9 Å². The van der Waals surface area contributed by atoms with Crippen LogP contribution in [0.2, 0.25) is 0 Å². The number of carbonyl (C=O) groups is 3. The van der Waals surface area contributed by atoms with Gasteiger partial charge < -0.3 is 10.1 Å². The van der Waals surface area contributed by atoms with E-state index in [9.17, 15) is 14.4 Å². The second-order valence-corrected chi connectivity index (χ2v) is 9.47. The zero-order chi connectivity index (χ0) is 23.6. The number of amides is 4. The van der Waals surface area contributed by atoms with Crippen molar-refractivity contribution in [1.29, 1.82) is 0 Å². The number of benzene rings is 1. The number of imide groups is 1. The fourth-order valence-corrected chi connectivity index (χ4v) is 5.42. The first kappa shape index (κ1) is 23.7. The standard InChI is InChI=1S/C24H35N5O4/c1-4-24(19-9-6-5-7-10-19)22(31)29(23(32)25-24)26-21(30)16-28-12-8-11-20(28)15-27-13-17(2)33-18(3)14-27/h5-7,9-10,17-18,20H,4,8,11-16H2,1-3H3,(H,25,32)(H,26,30). The van der Waals surface area contributed by atoms with E-state index in [1.807, 2.05) is 37.3 Å². The van der Waals surface area contributed by atoms with Crippen LogP contribution in [0.1, 0.15) is 45.6 Å². The van der Waals surface area contributed by atoms with Gasteiger partial charge in [-0.1, -0.05) is 37.3 Å². The summed E-state index contributed by atoms with van der Waals surface area (Å²) >= 11 is 0. The minimum atomic E-state index is -1.16. The number of hydrogen-bond acceptors (Lipinski definition) is 6. The van der Waals surface area contributed by atoms with E-state index < -0.39 is 17.5 Å². The summed E-state index contributed by atoms with van der Waals surface area (Å²) in [6.45, 7) is 9.68. The van der Waals surface area contributed by atoms with Gasteiger partial charge in [-0.2, -0.15) is 5.01 Å². The molecule has 33 heavy (non-hydrogen) atoms. The predicted molar refractivity (Wildman–Crippen MR) is 123 cm³/mol. The van der Waals surface area contributed by atoms with Crippen molar-refractivity contribution in [2.24, 2.45) is 0 Å². The number of morpholine rings is 1. The maximum absolute atomic E-state index is 13.2. The van der Waals surface area contributed by atoms with Crippen LogP contribution >= 0.6 is 0 Å². The number of nitrogens with one attached hydrogen (secondary N) is 2. The van der Waals surface area contributed by atoms with Gasteiger partial charge in [0, 0.05) is 25.7 Å². The van der Waals surface area contributed by atoms with Crippen LogP contribution in [0.15, 0.2) is 30.3 Å². The largest absolute Gasteiger partial charge is 0.373 e. The van der Waals surface area contributed by atoms with Gasteiger partial charge >= 0.3 is 6.03 Å². The summed E-state index contributed by atoms with van der Waals surface area (Å²) in [7, 11) is 0. The molecule has 0 bridgehead atoms. The van der Waals surface area contributed by atoms with Crippen LogP contribution in [-0.4, -0.2) is 83.6 Å². The lowest BCUT2D eigenvalue weighted by Crippen LogP contribution is -2.53. The van der Waals surface area contributed by atoms with Crippen LogP contribution in [0.5, 0.6) is 0 Å². The lowest BCUT2D eigenvalue weighted by Gasteiger charge is -2.38. The normalized spacial score (nSPS) is 31.1. The fourth-order valence-electron chi connectivity index (χ4n) is 5.42. The lowest BCUT2D eigenvalue weighted by molar-refractivity contribution is -0.140. The number of urea groups is 1. The third-order valence-electron chi connectivity index (χ3n) is 6.93. The van der Waals surface area contributed by atoms with Gasteiger partial charge in [-0.3, -0.25) is 24.8 Å². The summed E-state index contributed by atoms with van der Waals surface area (Å²) < 4.78 is 5.83. The first-order valence-electron chi connectivity index (χ1n) is 12.0. The number of carbonyl (C=O) groups excluding carboxylic acids is 3. The van der Waals surface area contributed by atoms with Crippen molar-refractivity contribution in [2.45, 2.75) is 63.8 Å². The molecule has 4 amide bonds.